The van der Waals surface area contributed by atoms with Gasteiger partial charge in [-0.3, -0.25) is 4.79 Å². The highest BCUT2D eigenvalue weighted by Crippen LogP contribution is 2.13. The van der Waals surface area contributed by atoms with Crippen LogP contribution in [0.1, 0.15) is 25.0 Å². The molecule has 1 atom stereocenters. The predicted octanol–water partition coefficient (Wildman–Crippen LogP) is -0.0612. The number of guanidine groups is 1. The molecule has 0 radical (unpaired) electrons. The van der Waals surface area contributed by atoms with Gasteiger partial charge in [-0.2, -0.15) is 5.10 Å². The highest BCUT2D eigenvalue weighted by Gasteiger charge is 2.22. The van der Waals surface area contributed by atoms with Crippen LogP contribution in [0, 0.1) is 0 Å². The molecule has 144 valence electrons. The van der Waals surface area contributed by atoms with Crippen molar-refractivity contribution in [2.75, 3.05) is 34.3 Å². The second-order valence-corrected chi connectivity index (χ2v) is 6.70. The lowest BCUT2D eigenvalue weighted by Gasteiger charge is -2.25. The minimum Gasteiger partial charge on any atom is -0.377 e. The van der Waals surface area contributed by atoms with Gasteiger partial charge < -0.3 is 20.3 Å². The number of hydrogen-bond donors (Lipinski definition) is 2. The molecule has 1 aromatic heterocycles. The van der Waals surface area contributed by atoms with Gasteiger partial charge in [0.05, 0.1) is 6.54 Å². The highest BCUT2D eigenvalue weighted by molar-refractivity contribution is 5.85. The smallest absolute Gasteiger partial charge is 0.243 e. The molecule has 1 aliphatic heterocycles. The molecule has 26 heavy (non-hydrogen) atoms. The number of carbonyl (C=O) groups is 1. The number of nitrogens with zero attached hydrogens (tertiary/aromatic N) is 5. The molecule has 1 aromatic rings. The zero-order valence-corrected chi connectivity index (χ0v) is 16.1. The molecule has 1 unspecified atom stereocenters. The molecule has 0 saturated carbocycles. The molecular formula is C17H29N7O2. The minimum atomic E-state index is -0.0483. The molecule has 0 spiro atoms. The summed E-state index contributed by atoms with van der Waals surface area (Å²) in [5, 5.41) is 11.1. The summed E-state index contributed by atoms with van der Waals surface area (Å²) < 4.78 is 7.01. The summed E-state index contributed by atoms with van der Waals surface area (Å²) in [6.07, 6.45) is 1.75. The second kappa shape index (κ2) is 9.33. The van der Waals surface area contributed by atoms with Gasteiger partial charge in [0.15, 0.2) is 11.8 Å². The molecule has 9 heteroatoms. The second-order valence-electron chi connectivity index (χ2n) is 6.70. The first-order valence-electron chi connectivity index (χ1n) is 8.70. The minimum absolute atomic E-state index is 0.0483. The van der Waals surface area contributed by atoms with Gasteiger partial charge in [0.1, 0.15) is 19.0 Å². The highest BCUT2D eigenvalue weighted by atomic mass is 16.5. The molecular weight excluding hydrogens is 334 g/mol. The van der Waals surface area contributed by atoms with E-state index >= 15 is 0 Å². The van der Waals surface area contributed by atoms with E-state index < -0.39 is 0 Å². The number of nitrogens with one attached hydrogen (secondary N) is 2. The summed E-state index contributed by atoms with van der Waals surface area (Å²) in [6, 6.07) is 0.158. The Kier molecular flexibility index (Phi) is 7.14. The van der Waals surface area contributed by atoms with E-state index in [2.05, 4.69) is 32.3 Å². The molecule has 1 aliphatic rings. The molecule has 0 fully saturated rings. The van der Waals surface area contributed by atoms with E-state index in [1.807, 2.05) is 11.6 Å². The monoisotopic (exact) mass is 363 g/mol. The summed E-state index contributed by atoms with van der Waals surface area (Å²) >= 11 is 0. The number of methoxy groups -OCH3 is 1. The number of aryl methyl sites for hydroxylation is 1. The molecule has 2 rings (SSSR count). The number of fused-ring (bicyclic) bond motifs is 1. The van der Waals surface area contributed by atoms with E-state index in [0.29, 0.717) is 31.5 Å². The molecule has 2 N–H and O–H groups in total. The maximum absolute atomic E-state index is 11.8. The van der Waals surface area contributed by atoms with Gasteiger partial charge in [-0.15, -0.1) is 0 Å². The maximum atomic E-state index is 11.8. The SMILES string of the molecule is C=C(C)CNC(=NCC(=O)N(C)C)NC1CCc2nc(COC)nn2C1. The van der Waals surface area contributed by atoms with Crippen LogP contribution < -0.4 is 10.6 Å². The van der Waals surface area contributed by atoms with Crippen LogP contribution in [0.25, 0.3) is 0 Å². The Morgan fingerprint density at radius 3 is 2.92 bits per heavy atom. The van der Waals surface area contributed by atoms with Crippen molar-refractivity contribution in [2.24, 2.45) is 4.99 Å². The first-order chi connectivity index (χ1) is 12.4. The normalized spacial score (nSPS) is 16.8. The molecule has 0 saturated heterocycles. The molecule has 1 amide bonds. The van der Waals surface area contributed by atoms with Crippen molar-refractivity contribution in [1.82, 2.24) is 30.3 Å². The number of carbonyl (C=O) groups excluding carboxylic acids is 1. The zero-order valence-electron chi connectivity index (χ0n) is 16.1. The van der Waals surface area contributed by atoms with Crippen LogP contribution in [0.5, 0.6) is 0 Å². The molecule has 0 aliphatic carbocycles. The summed E-state index contributed by atoms with van der Waals surface area (Å²) in [5.74, 6) is 2.24. The first-order valence-corrected chi connectivity index (χ1v) is 8.70. The van der Waals surface area contributed by atoms with Crippen molar-refractivity contribution < 1.29 is 9.53 Å². The van der Waals surface area contributed by atoms with Crippen LogP contribution in [0.3, 0.4) is 0 Å². The van der Waals surface area contributed by atoms with E-state index in [1.54, 1.807) is 21.2 Å². The lowest BCUT2D eigenvalue weighted by molar-refractivity contribution is -0.127. The van der Waals surface area contributed by atoms with E-state index in [0.717, 1.165) is 24.2 Å². The number of ether oxygens (including phenoxy) is 1. The average molecular weight is 363 g/mol. The number of rotatable bonds is 7. The Balaban J connectivity index is 2.01. The third-order valence-corrected chi connectivity index (χ3v) is 3.95. The van der Waals surface area contributed by atoms with Crippen molar-refractivity contribution in [2.45, 2.75) is 39.0 Å². The Morgan fingerprint density at radius 1 is 1.50 bits per heavy atom. The van der Waals surface area contributed by atoms with Crippen LogP contribution in [-0.4, -0.2) is 71.9 Å². The molecule has 9 nitrogen and oxygen atoms in total. The Morgan fingerprint density at radius 2 is 2.27 bits per heavy atom. The number of aromatic nitrogens is 3. The lowest BCUT2D eigenvalue weighted by Crippen LogP contribution is -2.47. The first kappa shape index (κ1) is 19.9. The van der Waals surface area contributed by atoms with Crippen LogP contribution >= 0.6 is 0 Å². The fraction of sp³-hybridized carbons (Fsp3) is 0.647. The lowest BCUT2D eigenvalue weighted by atomic mass is 10.1. The predicted molar refractivity (Wildman–Crippen MR) is 99.8 cm³/mol. The topological polar surface area (TPSA) is 96.7 Å². The van der Waals surface area contributed by atoms with Crippen molar-refractivity contribution in [1.29, 1.82) is 0 Å². The molecule has 0 aromatic carbocycles. The maximum Gasteiger partial charge on any atom is 0.243 e. The Bertz CT molecular complexity index is 666. The largest absolute Gasteiger partial charge is 0.377 e. The van der Waals surface area contributed by atoms with Crippen molar-refractivity contribution in [3.8, 4) is 0 Å². The van der Waals surface area contributed by atoms with Crippen LogP contribution in [0.4, 0.5) is 0 Å². The Labute approximate surface area is 154 Å². The van der Waals surface area contributed by atoms with Crippen molar-refractivity contribution >= 4 is 11.9 Å². The van der Waals surface area contributed by atoms with Gasteiger partial charge in [0.2, 0.25) is 5.91 Å². The zero-order chi connectivity index (χ0) is 19.1. The van der Waals surface area contributed by atoms with E-state index in [4.69, 9.17) is 4.74 Å². The van der Waals surface area contributed by atoms with Crippen LogP contribution in [0.15, 0.2) is 17.1 Å². The van der Waals surface area contributed by atoms with Gasteiger partial charge in [0, 0.05) is 40.2 Å². The summed E-state index contributed by atoms with van der Waals surface area (Å²) in [4.78, 5) is 22.2. The Hall–Kier alpha value is -2.42. The quantitative estimate of drug-likeness (QED) is 0.400. The number of aliphatic imine (C=N–C) groups is 1. The third-order valence-electron chi connectivity index (χ3n) is 3.95. The number of hydrogen-bond acceptors (Lipinski definition) is 5. The van der Waals surface area contributed by atoms with Gasteiger partial charge >= 0.3 is 0 Å². The molecule has 2 heterocycles. The third kappa shape index (κ3) is 5.83. The van der Waals surface area contributed by atoms with Gasteiger partial charge in [-0.25, -0.2) is 14.7 Å². The van der Waals surface area contributed by atoms with Crippen molar-refractivity contribution in [3.63, 3.8) is 0 Å². The molecule has 0 bridgehead atoms. The summed E-state index contributed by atoms with van der Waals surface area (Å²) in [6.45, 7) is 7.64. The summed E-state index contributed by atoms with van der Waals surface area (Å²) in [7, 11) is 5.07. The number of amides is 1. The van der Waals surface area contributed by atoms with E-state index in [9.17, 15) is 4.79 Å². The van der Waals surface area contributed by atoms with E-state index in [-0.39, 0.29) is 18.5 Å². The average Bonchev–Trinajstić information content (AvgIpc) is 2.98. The van der Waals surface area contributed by atoms with E-state index in [1.165, 1.54) is 4.90 Å². The van der Waals surface area contributed by atoms with Gasteiger partial charge in [-0.05, 0) is 13.3 Å². The van der Waals surface area contributed by atoms with Crippen LogP contribution in [0.2, 0.25) is 0 Å². The fourth-order valence-electron chi connectivity index (χ4n) is 2.54. The van der Waals surface area contributed by atoms with Gasteiger partial charge in [-0.1, -0.05) is 12.2 Å². The standard InChI is InChI=1S/C17H29N7O2/c1-12(2)8-18-17(19-9-16(25)23(3)4)20-13-6-7-15-21-14(11-26-5)22-24(15)10-13/h13H,1,6-11H2,2-5H3,(H2,18,19,20). The van der Waals surface area contributed by atoms with Crippen molar-refractivity contribution in [3.05, 3.63) is 23.8 Å². The van der Waals surface area contributed by atoms with Crippen LogP contribution in [-0.2, 0) is 29.1 Å². The summed E-state index contributed by atoms with van der Waals surface area (Å²) in [5.41, 5.74) is 0.991. The van der Waals surface area contributed by atoms with Gasteiger partial charge in [0.25, 0.3) is 0 Å². The number of likely N-dealkylation sites (N-methyl/N-ethyl adjacent to an activating group) is 1. The fourth-order valence-corrected chi connectivity index (χ4v) is 2.54.